The van der Waals surface area contributed by atoms with Crippen LogP contribution in [0, 0.1) is 11.8 Å². The summed E-state index contributed by atoms with van der Waals surface area (Å²) >= 11 is 0. The Labute approximate surface area is 137 Å². The number of anilines is 1. The van der Waals surface area contributed by atoms with Gasteiger partial charge in [0.25, 0.3) is 0 Å². The van der Waals surface area contributed by atoms with Gasteiger partial charge in [-0.2, -0.15) is 0 Å². The molecule has 2 amide bonds. The molecule has 2 saturated heterocycles. The molecule has 5 nitrogen and oxygen atoms in total. The third-order valence-corrected chi connectivity index (χ3v) is 4.95. The maximum Gasteiger partial charge on any atom is 0.228 e. The van der Waals surface area contributed by atoms with Gasteiger partial charge in [0.1, 0.15) is 5.75 Å². The molecular formula is C18H24N2O3. The number of nitrogens with zero attached hydrogens (tertiary/aromatic N) is 2. The largest absolute Gasteiger partial charge is 0.497 e. The predicted molar refractivity (Wildman–Crippen MR) is 88.4 cm³/mol. The van der Waals surface area contributed by atoms with E-state index in [0.717, 1.165) is 37.4 Å². The Kier molecular flexibility index (Phi) is 4.55. The van der Waals surface area contributed by atoms with E-state index >= 15 is 0 Å². The zero-order chi connectivity index (χ0) is 16.4. The van der Waals surface area contributed by atoms with Crippen LogP contribution in [0.3, 0.4) is 0 Å². The number of hydrogen-bond acceptors (Lipinski definition) is 3. The highest BCUT2D eigenvalue weighted by molar-refractivity contribution is 6.00. The minimum Gasteiger partial charge on any atom is -0.497 e. The smallest absolute Gasteiger partial charge is 0.228 e. The first-order chi connectivity index (χ1) is 11.1. The van der Waals surface area contributed by atoms with Crippen LogP contribution < -0.4 is 9.64 Å². The maximum atomic E-state index is 12.7. The molecule has 1 aromatic rings. The van der Waals surface area contributed by atoms with Crippen molar-refractivity contribution in [3.05, 3.63) is 24.3 Å². The maximum absolute atomic E-state index is 12.7. The van der Waals surface area contributed by atoms with Crippen molar-refractivity contribution >= 4 is 17.5 Å². The average Bonchev–Trinajstić information content (AvgIpc) is 2.97. The van der Waals surface area contributed by atoms with Crippen molar-refractivity contribution in [1.82, 2.24) is 4.90 Å². The van der Waals surface area contributed by atoms with Gasteiger partial charge in [-0.15, -0.1) is 0 Å². The zero-order valence-corrected chi connectivity index (χ0v) is 13.8. The molecule has 124 valence electrons. The minimum atomic E-state index is -0.210. The van der Waals surface area contributed by atoms with Gasteiger partial charge in [-0.1, -0.05) is 6.92 Å². The van der Waals surface area contributed by atoms with Crippen molar-refractivity contribution in [3.8, 4) is 5.75 Å². The molecule has 0 radical (unpaired) electrons. The van der Waals surface area contributed by atoms with Crippen molar-refractivity contribution in [2.75, 3.05) is 31.6 Å². The quantitative estimate of drug-likeness (QED) is 0.860. The van der Waals surface area contributed by atoms with E-state index < -0.39 is 0 Å². The van der Waals surface area contributed by atoms with Gasteiger partial charge in [-0.25, -0.2) is 0 Å². The van der Waals surface area contributed by atoms with Gasteiger partial charge < -0.3 is 14.5 Å². The molecule has 0 N–H and O–H groups in total. The fourth-order valence-corrected chi connectivity index (χ4v) is 3.37. The monoisotopic (exact) mass is 316 g/mol. The van der Waals surface area contributed by atoms with Crippen LogP contribution in [0.15, 0.2) is 24.3 Å². The molecular weight excluding hydrogens is 292 g/mol. The fraction of sp³-hybridized carbons (Fsp3) is 0.556. The van der Waals surface area contributed by atoms with Crippen molar-refractivity contribution in [3.63, 3.8) is 0 Å². The number of piperidine rings is 1. The summed E-state index contributed by atoms with van der Waals surface area (Å²) in [5, 5.41) is 0. The Bertz CT molecular complexity index is 576. The van der Waals surface area contributed by atoms with E-state index in [0.29, 0.717) is 18.9 Å². The average molecular weight is 316 g/mol. The molecule has 2 heterocycles. The van der Waals surface area contributed by atoms with Crippen molar-refractivity contribution in [1.29, 1.82) is 0 Å². The Morgan fingerprint density at radius 3 is 2.43 bits per heavy atom. The first-order valence-corrected chi connectivity index (χ1v) is 8.31. The predicted octanol–water partition coefficient (Wildman–Crippen LogP) is 2.31. The van der Waals surface area contributed by atoms with Crippen LogP contribution in [0.5, 0.6) is 5.75 Å². The summed E-state index contributed by atoms with van der Waals surface area (Å²) < 4.78 is 5.14. The fourth-order valence-electron chi connectivity index (χ4n) is 3.37. The molecule has 0 spiro atoms. The summed E-state index contributed by atoms with van der Waals surface area (Å²) in [6.45, 7) is 4.36. The highest BCUT2D eigenvalue weighted by Crippen LogP contribution is 2.29. The molecule has 1 aromatic carbocycles. The van der Waals surface area contributed by atoms with E-state index in [1.54, 1.807) is 12.0 Å². The number of rotatable bonds is 3. The molecule has 0 saturated carbocycles. The van der Waals surface area contributed by atoms with Crippen LogP contribution in [0.4, 0.5) is 5.69 Å². The van der Waals surface area contributed by atoms with E-state index in [4.69, 9.17) is 4.74 Å². The van der Waals surface area contributed by atoms with Crippen LogP contribution in [-0.2, 0) is 9.59 Å². The number of amides is 2. The summed E-state index contributed by atoms with van der Waals surface area (Å²) in [6, 6.07) is 7.41. The SMILES string of the molecule is COc1ccc(N2CC(C(=O)N3CCC(C)CC3)CC2=O)cc1. The third-order valence-electron chi connectivity index (χ3n) is 4.95. The molecule has 2 aliphatic rings. The van der Waals surface area contributed by atoms with Crippen LogP contribution >= 0.6 is 0 Å². The summed E-state index contributed by atoms with van der Waals surface area (Å²) in [4.78, 5) is 28.6. The number of methoxy groups -OCH3 is 1. The molecule has 2 aliphatic heterocycles. The number of hydrogen-bond donors (Lipinski definition) is 0. The van der Waals surface area contributed by atoms with Crippen molar-refractivity contribution < 1.29 is 14.3 Å². The third kappa shape index (κ3) is 3.33. The van der Waals surface area contributed by atoms with Crippen LogP contribution in [0.1, 0.15) is 26.2 Å². The lowest BCUT2D eigenvalue weighted by Crippen LogP contribution is -2.42. The van der Waals surface area contributed by atoms with E-state index in [-0.39, 0.29) is 17.7 Å². The topological polar surface area (TPSA) is 49.9 Å². The summed E-state index contributed by atoms with van der Waals surface area (Å²) in [5.74, 6) is 1.41. The molecule has 5 heteroatoms. The number of likely N-dealkylation sites (tertiary alicyclic amines) is 1. The molecule has 1 unspecified atom stereocenters. The van der Waals surface area contributed by atoms with Crippen LogP contribution in [0.25, 0.3) is 0 Å². The van der Waals surface area contributed by atoms with Crippen molar-refractivity contribution in [2.45, 2.75) is 26.2 Å². The normalized spacial score (nSPS) is 22.5. The minimum absolute atomic E-state index is 0.0268. The first kappa shape index (κ1) is 15.8. The highest BCUT2D eigenvalue weighted by atomic mass is 16.5. The Hall–Kier alpha value is -2.04. The summed E-state index contributed by atoms with van der Waals surface area (Å²) in [6.07, 6.45) is 2.44. The van der Waals surface area contributed by atoms with Gasteiger partial charge in [-0.05, 0) is 43.0 Å². The van der Waals surface area contributed by atoms with Crippen LogP contribution in [-0.4, -0.2) is 43.5 Å². The van der Waals surface area contributed by atoms with Gasteiger partial charge >= 0.3 is 0 Å². The van der Waals surface area contributed by atoms with Crippen molar-refractivity contribution in [2.24, 2.45) is 11.8 Å². The van der Waals surface area contributed by atoms with Gasteiger partial charge in [0.05, 0.1) is 13.0 Å². The molecule has 0 aromatic heterocycles. The number of benzene rings is 1. The molecule has 1 atom stereocenters. The van der Waals surface area contributed by atoms with E-state index in [1.165, 1.54) is 0 Å². The van der Waals surface area contributed by atoms with Gasteiger partial charge in [0, 0.05) is 31.7 Å². The molecule has 0 aliphatic carbocycles. The standard InChI is InChI=1S/C18H24N2O3/c1-13-7-9-19(10-8-13)18(22)14-11-17(21)20(12-14)15-3-5-16(23-2)6-4-15/h3-6,13-14H,7-12H2,1-2H3. The molecule has 0 bridgehead atoms. The molecule has 2 fully saturated rings. The van der Waals surface area contributed by atoms with Gasteiger partial charge in [0.15, 0.2) is 0 Å². The van der Waals surface area contributed by atoms with E-state index in [2.05, 4.69) is 6.92 Å². The lowest BCUT2D eigenvalue weighted by atomic mass is 9.97. The second-order valence-corrected chi connectivity index (χ2v) is 6.61. The summed E-state index contributed by atoms with van der Waals surface area (Å²) in [5.41, 5.74) is 0.832. The van der Waals surface area contributed by atoms with Gasteiger partial charge in [0.2, 0.25) is 11.8 Å². The van der Waals surface area contributed by atoms with E-state index in [9.17, 15) is 9.59 Å². The zero-order valence-electron chi connectivity index (χ0n) is 13.8. The lowest BCUT2D eigenvalue weighted by Gasteiger charge is -2.32. The molecule has 23 heavy (non-hydrogen) atoms. The van der Waals surface area contributed by atoms with E-state index in [1.807, 2.05) is 29.2 Å². The Morgan fingerprint density at radius 2 is 1.83 bits per heavy atom. The summed E-state index contributed by atoms with van der Waals surface area (Å²) in [7, 11) is 1.62. The number of carbonyl (C=O) groups is 2. The second kappa shape index (κ2) is 6.60. The lowest BCUT2D eigenvalue weighted by molar-refractivity contribution is -0.137. The number of ether oxygens (including phenoxy) is 1. The highest BCUT2D eigenvalue weighted by Gasteiger charge is 2.37. The van der Waals surface area contributed by atoms with Gasteiger partial charge in [-0.3, -0.25) is 9.59 Å². The van der Waals surface area contributed by atoms with Crippen LogP contribution in [0.2, 0.25) is 0 Å². The molecule has 3 rings (SSSR count). The first-order valence-electron chi connectivity index (χ1n) is 8.31. The number of carbonyl (C=O) groups excluding carboxylic acids is 2. The second-order valence-electron chi connectivity index (χ2n) is 6.61. The Morgan fingerprint density at radius 1 is 1.17 bits per heavy atom. The Balaban J connectivity index is 1.65.